The lowest BCUT2D eigenvalue weighted by Gasteiger charge is -2.01. The number of amides is 1. The summed E-state index contributed by atoms with van der Waals surface area (Å²) in [6.45, 7) is 0. The molecule has 2 N–H and O–H groups in total. The lowest BCUT2D eigenvalue weighted by Crippen LogP contribution is -2.14. The molecular weight excluding hydrogens is 208 g/mol. The van der Waals surface area contributed by atoms with Crippen molar-refractivity contribution in [1.29, 1.82) is 5.26 Å². The molecule has 2 aromatic rings. The third kappa shape index (κ3) is 1.59. The average molecular weight is 214 g/mol. The highest BCUT2D eigenvalue weighted by Crippen LogP contribution is 2.06. The van der Waals surface area contributed by atoms with Gasteiger partial charge in [0.1, 0.15) is 6.07 Å². The van der Waals surface area contributed by atoms with Crippen molar-refractivity contribution in [3.8, 4) is 11.9 Å². The van der Waals surface area contributed by atoms with Gasteiger partial charge in [-0.1, -0.05) is 0 Å². The number of primary amides is 1. The number of nitriles is 1. The Morgan fingerprint density at radius 1 is 1.44 bits per heavy atom. The van der Waals surface area contributed by atoms with E-state index in [1.54, 1.807) is 6.20 Å². The molecule has 0 aliphatic rings. The highest BCUT2D eigenvalue weighted by atomic mass is 16.1. The molecular formula is C9H6N6O. The maximum absolute atomic E-state index is 10.8. The zero-order chi connectivity index (χ0) is 11.5. The molecule has 1 amide bonds. The van der Waals surface area contributed by atoms with Crippen molar-refractivity contribution in [1.82, 2.24) is 19.7 Å². The summed E-state index contributed by atoms with van der Waals surface area (Å²) in [5.41, 5.74) is 5.10. The van der Waals surface area contributed by atoms with Gasteiger partial charge in [0.15, 0.2) is 11.5 Å². The van der Waals surface area contributed by atoms with Crippen LogP contribution in [0.3, 0.4) is 0 Å². The van der Waals surface area contributed by atoms with Crippen LogP contribution in [0.5, 0.6) is 0 Å². The fourth-order valence-corrected chi connectivity index (χ4v) is 1.16. The van der Waals surface area contributed by atoms with Gasteiger partial charge in [0, 0.05) is 12.4 Å². The van der Waals surface area contributed by atoms with E-state index in [9.17, 15) is 4.79 Å². The summed E-state index contributed by atoms with van der Waals surface area (Å²) in [5, 5.41) is 16.2. The molecule has 0 radical (unpaired) electrons. The second kappa shape index (κ2) is 3.78. The number of carbonyl (C=O) groups is 1. The average Bonchev–Trinajstić information content (AvgIpc) is 2.77. The molecule has 0 aromatic carbocycles. The summed E-state index contributed by atoms with van der Waals surface area (Å²) in [4.78, 5) is 14.6. The fraction of sp³-hybridized carbons (Fsp3) is 0. The SMILES string of the molecule is N#Cc1nccn1-c1ccc(C(N)=O)nn1. The van der Waals surface area contributed by atoms with Crippen molar-refractivity contribution in [2.45, 2.75) is 0 Å². The van der Waals surface area contributed by atoms with E-state index in [0.717, 1.165) is 0 Å². The predicted molar refractivity (Wildman–Crippen MR) is 52.4 cm³/mol. The molecule has 0 saturated carbocycles. The first-order chi connectivity index (χ1) is 7.72. The minimum Gasteiger partial charge on any atom is -0.364 e. The van der Waals surface area contributed by atoms with Gasteiger partial charge in [0.05, 0.1) is 0 Å². The number of imidazole rings is 1. The molecule has 78 valence electrons. The van der Waals surface area contributed by atoms with Crippen molar-refractivity contribution in [3.05, 3.63) is 36.0 Å². The zero-order valence-corrected chi connectivity index (χ0v) is 8.03. The van der Waals surface area contributed by atoms with Crippen molar-refractivity contribution in [2.75, 3.05) is 0 Å². The van der Waals surface area contributed by atoms with Crippen LogP contribution in [0.2, 0.25) is 0 Å². The first-order valence-corrected chi connectivity index (χ1v) is 4.29. The van der Waals surface area contributed by atoms with Crippen LogP contribution in [0.1, 0.15) is 16.3 Å². The molecule has 7 heteroatoms. The molecule has 0 aliphatic heterocycles. The Morgan fingerprint density at radius 3 is 2.81 bits per heavy atom. The molecule has 7 nitrogen and oxygen atoms in total. The van der Waals surface area contributed by atoms with E-state index >= 15 is 0 Å². The normalized spacial score (nSPS) is 9.69. The zero-order valence-electron chi connectivity index (χ0n) is 8.03. The topological polar surface area (TPSA) is 110 Å². The second-order valence-electron chi connectivity index (χ2n) is 2.87. The molecule has 0 fully saturated rings. The number of rotatable bonds is 2. The van der Waals surface area contributed by atoms with E-state index in [1.165, 1.54) is 22.9 Å². The van der Waals surface area contributed by atoms with Gasteiger partial charge < -0.3 is 5.73 Å². The first-order valence-electron chi connectivity index (χ1n) is 4.29. The van der Waals surface area contributed by atoms with E-state index < -0.39 is 5.91 Å². The molecule has 0 spiro atoms. The molecule has 2 aromatic heterocycles. The molecule has 0 bridgehead atoms. The van der Waals surface area contributed by atoms with Gasteiger partial charge in [-0.15, -0.1) is 10.2 Å². The van der Waals surface area contributed by atoms with Crippen molar-refractivity contribution >= 4 is 5.91 Å². The van der Waals surface area contributed by atoms with E-state index in [2.05, 4.69) is 15.2 Å². The fourth-order valence-electron chi connectivity index (χ4n) is 1.16. The van der Waals surface area contributed by atoms with Crippen LogP contribution in [0, 0.1) is 11.3 Å². The smallest absolute Gasteiger partial charge is 0.269 e. The minimum atomic E-state index is -0.648. The number of hydrogen-bond donors (Lipinski definition) is 1. The Balaban J connectivity index is 2.43. The van der Waals surface area contributed by atoms with Gasteiger partial charge in [0.2, 0.25) is 5.82 Å². The minimum absolute atomic E-state index is 0.0716. The van der Waals surface area contributed by atoms with Gasteiger partial charge >= 0.3 is 0 Å². The molecule has 2 heterocycles. The summed E-state index contributed by atoms with van der Waals surface area (Å²) < 4.78 is 1.46. The number of hydrogen-bond acceptors (Lipinski definition) is 5. The Labute approximate surface area is 90.2 Å². The Bertz CT molecular complexity index is 564. The molecule has 0 saturated heterocycles. The Morgan fingerprint density at radius 2 is 2.25 bits per heavy atom. The van der Waals surface area contributed by atoms with Crippen molar-refractivity contribution < 1.29 is 4.79 Å². The van der Waals surface area contributed by atoms with Gasteiger partial charge in [-0.25, -0.2) is 4.98 Å². The quantitative estimate of drug-likeness (QED) is 0.733. The summed E-state index contributed by atoms with van der Waals surface area (Å²) >= 11 is 0. The van der Waals surface area contributed by atoms with Crippen LogP contribution in [-0.2, 0) is 0 Å². The van der Waals surface area contributed by atoms with Crippen LogP contribution in [0.15, 0.2) is 24.5 Å². The van der Waals surface area contributed by atoms with E-state index in [4.69, 9.17) is 11.0 Å². The summed E-state index contributed by atoms with van der Waals surface area (Å²) in [7, 11) is 0. The van der Waals surface area contributed by atoms with E-state index in [0.29, 0.717) is 5.82 Å². The number of aromatic nitrogens is 4. The monoisotopic (exact) mass is 214 g/mol. The summed E-state index contributed by atoms with van der Waals surface area (Å²) in [6, 6.07) is 4.88. The maximum atomic E-state index is 10.8. The Hall–Kier alpha value is -2.75. The highest BCUT2D eigenvalue weighted by molar-refractivity contribution is 5.90. The lowest BCUT2D eigenvalue weighted by molar-refractivity contribution is 0.0994. The molecule has 0 atom stereocenters. The standard InChI is InChI=1S/C9H6N6O/c10-5-8-12-3-4-15(8)7-2-1-6(9(11)16)13-14-7/h1-4H,(H2,11,16). The summed E-state index contributed by atoms with van der Waals surface area (Å²) in [6.07, 6.45) is 3.05. The van der Waals surface area contributed by atoms with Crippen molar-refractivity contribution in [2.24, 2.45) is 5.73 Å². The third-order valence-electron chi connectivity index (χ3n) is 1.89. The maximum Gasteiger partial charge on any atom is 0.269 e. The summed E-state index contributed by atoms with van der Waals surface area (Å²) in [5.74, 6) is -0.0506. The molecule has 0 unspecified atom stereocenters. The molecule has 2 rings (SSSR count). The predicted octanol–water partition coefficient (Wildman–Crippen LogP) is -0.367. The molecule has 16 heavy (non-hydrogen) atoms. The molecule has 0 aliphatic carbocycles. The van der Waals surface area contributed by atoms with E-state index in [1.807, 2.05) is 6.07 Å². The number of nitrogens with two attached hydrogens (primary N) is 1. The number of carbonyl (C=O) groups excluding carboxylic acids is 1. The van der Waals surface area contributed by atoms with Crippen molar-refractivity contribution in [3.63, 3.8) is 0 Å². The number of nitrogens with zero attached hydrogens (tertiary/aromatic N) is 5. The van der Waals surface area contributed by atoms with Gasteiger partial charge in [-0.05, 0) is 12.1 Å². The largest absolute Gasteiger partial charge is 0.364 e. The highest BCUT2D eigenvalue weighted by Gasteiger charge is 2.07. The lowest BCUT2D eigenvalue weighted by atomic mass is 10.3. The van der Waals surface area contributed by atoms with Crippen LogP contribution < -0.4 is 5.73 Å². The third-order valence-corrected chi connectivity index (χ3v) is 1.89. The Kier molecular flexibility index (Phi) is 2.31. The van der Waals surface area contributed by atoms with Crippen LogP contribution in [0.4, 0.5) is 0 Å². The van der Waals surface area contributed by atoms with Crippen LogP contribution >= 0.6 is 0 Å². The van der Waals surface area contributed by atoms with Gasteiger partial charge in [-0.3, -0.25) is 9.36 Å². The van der Waals surface area contributed by atoms with E-state index in [-0.39, 0.29) is 11.5 Å². The van der Waals surface area contributed by atoms with Crippen LogP contribution in [0.25, 0.3) is 5.82 Å². The second-order valence-corrected chi connectivity index (χ2v) is 2.87. The van der Waals surface area contributed by atoms with Gasteiger partial charge in [0.25, 0.3) is 5.91 Å². The van der Waals surface area contributed by atoms with Crippen LogP contribution in [-0.4, -0.2) is 25.7 Å². The first kappa shape index (κ1) is 9.79. The van der Waals surface area contributed by atoms with Gasteiger partial charge in [-0.2, -0.15) is 5.26 Å².